The molecule has 0 saturated heterocycles. The molecule has 7 nitrogen and oxygen atoms in total. The fraction of sp³-hybridized carbons (Fsp3) is 0.321. The van der Waals surface area contributed by atoms with E-state index in [1.165, 1.54) is 42.5 Å². The van der Waals surface area contributed by atoms with Crippen LogP contribution in [0.25, 0.3) is 0 Å². The maximum Gasteiger partial charge on any atom is 0.417 e. The average molecular weight is 527 g/mol. The second kappa shape index (κ2) is 9.43. The van der Waals surface area contributed by atoms with Gasteiger partial charge in [0, 0.05) is 30.4 Å². The standard InChI is InChI=1S/C28H25F3N2O5/c1-35-23-7-4-17-10-22-20-12-25-24(36-15-37-25)11-18(20)8-9-33(22)14-21(17)26(23)38-27(34)32-19-5-2-16(3-6-19)13-28(29,30)31/h2-7,11-12,22H,8-10,13-15H2,1H3,(H,32,34). The Bertz CT molecular complexity index is 1390. The van der Waals surface area contributed by atoms with E-state index < -0.39 is 18.7 Å². The van der Waals surface area contributed by atoms with Crippen LogP contribution in [-0.2, 0) is 25.8 Å². The molecule has 0 aliphatic carbocycles. The van der Waals surface area contributed by atoms with Crippen molar-refractivity contribution in [2.24, 2.45) is 0 Å². The molecule has 0 spiro atoms. The van der Waals surface area contributed by atoms with Gasteiger partial charge in [0.25, 0.3) is 0 Å². The minimum atomic E-state index is -4.30. The maximum absolute atomic E-state index is 12.8. The van der Waals surface area contributed by atoms with Crippen LogP contribution in [0.2, 0.25) is 0 Å². The van der Waals surface area contributed by atoms with Crippen LogP contribution in [0.4, 0.5) is 23.7 Å². The number of nitrogens with zero attached hydrogens (tertiary/aromatic N) is 1. The molecule has 6 rings (SSSR count). The van der Waals surface area contributed by atoms with Gasteiger partial charge in [0.15, 0.2) is 23.0 Å². The quantitative estimate of drug-likeness (QED) is 0.464. The molecule has 0 aromatic heterocycles. The highest BCUT2D eigenvalue weighted by Crippen LogP contribution is 2.46. The van der Waals surface area contributed by atoms with Crippen molar-refractivity contribution in [1.29, 1.82) is 0 Å². The molecule has 38 heavy (non-hydrogen) atoms. The monoisotopic (exact) mass is 526 g/mol. The molecule has 1 unspecified atom stereocenters. The topological polar surface area (TPSA) is 69.3 Å². The van der Waals surface area contributed by atoms with E-state index in [2.05, 4.69) is 22.3 Å². The fourth-order valence-corrected chi connectivity index (χ4v) is 5.44. The van der Waals surface area contributed by atoms with Crippen LogP contribution >= 0.6 is 0 Å². The number of methoxy groups -OCH3 is 1. The summed E-state index contributed by atoms with van der Waals surface area (Å²) in [5.74, 6) is 2.32. The molecule has 1 amide bonds. The average Bonchev–Trinajstić information content (AvgIpc) is 3.34. The van der Waals surface area contributed by atoms with Gasteiger partial charge >= 0.3 is 12.3 Å². The molecule has 0 fully saturated rings. The van der Waals surface area contributed by atoms with Crippen LogP contribution in [0.15, 0.2) is 48.5 Å². The number of ether oxygens (including phenoxy) is 4. The maximum atomic E-state index is 12.8. The van der Waals surface area contributed by atoms with Gasteiger partial charge in [0.05, 0.1) is 13.5 Å². The van der Waals surface area contributed by atoms with Crippen LogP contribution in [-0.4, -0.2) is 37.6 Å². The Labute approximate surface area is 217 Å². The van der Waals surface area contributed by atoms with Crippen molar-refractivity contribution in [1.82, 2.24) is 4.90 Å². The molecule has 0 bridgehead atoms. The number of anilines is 1. The molecule has 1 atom stereocenters. The van der Waals surface area contributed by atoms with E-state index in [9.17, 15) is 18.0 Å². The molecule has 3 aromatic rings. The van der Waals surface area contributed by atoms with E-state index in [1.54, 1.807) is 6.07 Å². The van der Waals surface area contributed by atoms with Gasteiger partial charge < -0.3 is 18.9 Å². The van der Waals surface area contributed by atoms with Crippen molar-refractivity contribution in [3.8, 4) is 23.0 Å². The van der Waals surface area contributed by atoms with Gasteiger partial charge in [-0.3, -0.25) is 10.2 Å². The first-order chi connectivity index (χ1) is 18.3. The molecule has 3 aromatic carbocycles. The predicted octanol–water partition coefficient (Wildman–Crippen LogP) is 5.80. The van der Waals surface area contributed by atoms with Crippen molar-refractivity contribution in [3.63, 3.8) is 0 Å². The molecule has 3 heterocycles. The number of amides is 1. The number of carbonyl (C=O) groups excluding carboxylic acids is 1. The molecular formula is C28H25F3N2O5. The van der Waals surface area contributed by atoms with Gasteiger partial charge in [-0.15, -0.1) is 0 Å². The molecule has 198 valence electrons. The van der Waals surface area contributed by atoms with Gasteiger partial charge in [0.2, 0.25) is 6.79 Å². The van der Waals surface area contributed by atoms with E-state index >= 15 is 0 Å². The summed E-state index contributed by atoms with van der Waals surface area (Å²) >= 11 is 0. The van der Waals surface area contributed by atoms with Gasteiger partial charge in [0.1, 0.15) is 0 Å². The van der Waals surface area contributed by atoms with Gasteiger partial charge in [-0.1, -0.05) is 18.2 Å². The Kier molecular flexibility index (Phi) is 6.06. The molecule has 0 radical (unpaired) electrons. The number of nitrogens with one attached hydrogen (secondary N) is 1. The third kappa shape index (κ3) is 4.71. The van der Waals surface area contributed by atoms with Crippen LogP contribution < -0.4 is 24.3 Å². The molecule has 10 heteroatoms. The number of hydrogen-bond acceptors (Lipinski definition) is 6. The zero-order chi connectivity index (χ0) is 26.4. The second-order valence-electron chi connectivity index (χ2n) is 9.58. The van der Waals surface area contributed by atoms with Crippen LogP contribution in [0, 0.1) is 0 Å². The lowest BCUT2D eigenvalue weighted by molar-refractivity contribution is -0.127. The summed E-state index contributed by atoms with van der Waals surface area (Å²) in [6.07, 6.45) is -4.49. The Morgan fingerprint density at radius 2 is 1.84 bits per heavy atom. The number of halogens is 3. The van der Waals surface area contributed by atoms with Gasteiger partial charge in [-0.05, 0) is 65.4 Å². The number of rotatable bonds is 4. The van der Waals surface area contributed by atoms with Crippen molar-refractivity contribution in [2.75, 3.05) is 25.8 Å². The number of alkyl halides is 3. The highest BCUT2D eigenvalue weighted by Gasteiger charge is 2.36. The molecule has 3 aliphatic rings. The highest BCUT2D eigenvalue weighted by molar-refractivity contribution is 5.87. The third-order valence-electron chi connectivity index (χ3n) is 7.22. The molecular weight excluding hydrogens is 501 g/mol. The summed E-state index contributed by atoms with van der Waals surface area (Å²) in [4.78, 5) is 15.2. The molecule has 1 N–H and O–H groups in total. The predicted molar refractivity (Wildman–Crippen MR) is 132 cm³/mol. The van der Waals surface area contributed by atoms with E-state index in [-0.39, 0.29) is 18.4 Å². The minimum absolute atomic E-state index is 0.108. The number of fused-ring (bicyclic) bond motifs is 5. The molecule has 3 aliphatic heterocycles. The van der Waals surface area contributed by atoms with E-state index in [0.29, 0.717) is 23.7 Å². The SMILES string of the molecule is COc1ccc2c(c1OC(=O)Nc1ccc(CC(F)(F)F)cc1)CN1CCc3cc4c(cc3C1C2)OCO4. The number of hydrogen-bond donors (Lipinski definition) is 1. The van der Waals surface area contributed by atoms with Crippen molar-refractivity contribution < 1.29 is 36.9 Å². The Balaban J connectivity index is 1.22. The normalized spacial score (nSPS) is 17.7. The van der Waals surface area contributed by atoms with Gasteiger partial charge in [-0.2, -0.15) is 13.2 Å². The summed E-state index contributed by atoms with van der Waals surface area (Å²) in [6.45, 7) is 1.64. The van der Waals surface area contributed by atoms with Crippen LogP contribution in [0.1, 0.15) is 33.9 Å². The molecule has 0 saturated carbocycles. The first-order valence-corrected chi connectivity index (χ1v) is 12.3. The lowest BCUT2D eigenvalue weighted by Gasteiger charge is -2.42. The fourth-order valence-electron chi connectivity index (χ4n) is 5.44. The minimum Gasteiger partial charge on any atom is -0.493 e. The van der Waals surface area contributed by atoms with Crippen LogP contribution in [0.3, 0.4) is 0 Å². The van der Waals surface area contributed by atoms with E-state index in [4.69, 9.17) is 18.9 Å². The lowest BCUT2D eigenvalue weighted by atomic mass is 9.83. The first kappa shape index (κ1) is 24.4. The smallest absolute Gasteiger partial charge is 0.417 e. The summed E-state index contributed by atoms with van der Waals surface area (Å²) in [6, 6.07) is 13.6. The van der Waals surface area contributed by atoms with Gasteiger partial charge in [-0.25, -0.2) is 4.79 Å². The van der Waals surface area contributed by atoms with Crippen molar-refractivity contribution >= 4 is 11.8 Å². The zero-order valence-corrected chi connectivity index (χ0v) is 20.6. The van der Waals surface area contributed by atoms with E-state index in [0.717, 1.165) is 42.0 Å². The van der Waals surface area contributed by atoms with E-state index in [1.807, 2.05) is 6.07 Å². The van der Waals surface area contributed by atoms with Crippen molar-refractivity contribution in [3.05, 3.63) is 76.3 Å². The highest BCUT2D eigenvalue weighted by atomic mass is 19.4. The number of carbonyl (C=O) groups is 1. The Morgan fingerprint density at radius 1 is 1.08 bits per heavy atom. The third-order valence-corrected chi connectivity index (χ3v) is 7.22. The largest absolute Gasteiger partial charge is 0.493 e. The summed E-state index contributed by atoms with van der Waals surface area (Å²) in [7, 11) is 1.51. The summed E-state index contributed by atoms with van der Waals surface area (Å²) < 4.78 is 60.3. The lowest BCUT2D eigenvalue weighted by Crippen LogP contribution is -2.39. The first-order valence-electron chi connectivity index (χ1n) is 12.3. The summed E-state index contributed by atoms with van der Waals surface area (Å²) in [5, 5.41) is 2.59. The Morgan fingerprint density at radius 3 is 2.58 bits per heavy atom. The second-order valence-corrected chi connectivity index (χ2v) is 9.58. The Hall–Kier alpha value is -3.92. The van der Waals surface area contributed by atoms with Crippen molar-refractivity contribution in [2.45, 2.75) is 38.0 Å². The van der Waals surface area contributed by atoms with Crippen LogP contribution in [0.5, 0.6) is 23.0 Å². The summed E-state index contributed by atoms with van der Waals surface area (Å²) in [5.41, 5.74) is 4.84. The number of benzene rings is 3. The zero-order valence-electron chi connectivity index (χ0n) is 20.6.